The highest BCUT2D eigenvalue weighted by molar-refractivity contribution is 5.69. The summed E-state index contributed by atoms with van der Waals surface area (Å²) >= 11 is 0. The van der Waals surface area contributed by atoms with Crippen molar-refractivity contribution in [3.63, 3.8) is 0 Å². The van der Waals surface area contributed by atoms with Gasteiger partial charge in [-0.1, -0.05) is 36.4 Å². The summed E-state index contributed by atoms with van der Waals surface area (Å²) in [6.07, 6.45) is 4.01. The number of nitrogens with zero attached hydrogens (tertiary/aromatic N) is 1. The number of aliphatic hydroxyl groups is 1. The third-order valence-corrected chi connectivity index (χ3v) is 4.87. The van der Waals surface area contributed by atoms with Gasteiger partial charge in [-0.25, -0.2) is 4.79 Å². The largest absolute Gasteiger partial charge is 0.445 e. The molecule has 0 aromatic heterocycles. The van der Waals surface area contributed by atoms with Gasteiger partial charge in [-0.05, 0) is 31.2 Å². The van der Waals surface area contributed by atoms with Gasteiger partial charge in [-0.2, -0.15) is 0 Å². The summed E-state index contributed by atoms with van der Waals surface area (Å²) in [7, 11) is 0. The molecule has 1 N–H and O–H groups in total. The summed E-state index contributed by atoms with van der Waals surface area (Å²) in [6.45, 7) is 4.89. The van der Waals surface area contributed by atoms with Gasteiger partial charge in [0.1, 0.15) is 6.61 Å². The SMILES string of the molecule is C=CCCC1(O)CC2COCC(C1)N2C(=O)OCc1ccccc1. The monoisotopic (exact) mass is 331 g/mol. The van der Waals surface area contributed by atoms with Crippen LogP contribution in [0.5, 0.6) is 0 Å². The maximum absolute atomic E-state index is 12.6. The lowest BCUT2D eigenvalue weighted by Gasteiger charge is -2.50. The van der Waals surface area contributed by atoms with Crippen molar-refractivity contribution in [2.24, 2.45) is 0 Å². The average molecular weight is 331 g/mol. The lowest BCUT2D eigenvalue weighted by molar-refractivity contribution is -0.135. The predicted molar refractivity (Wildman–Crippen MR) is 90.5 cm³/mol. The fraction of sp³-hybridized carbons (Fsp3) is 0.526. The second-order valence-corrected chi connectivity index (χ2v) is 6.75. The molecular formula is C19H25NO4. The van der Waals surface area contributed by atoms with E-state index in [1.165, 1.54) is 0 Å². The molecule has 2 saturated heterocycles. The van der Waals surface area contributed by atoms with Gasteiger partial charge >= 0.3 is 6.09 Å². The third kappa shape index (κ3) is 3.79. The highest BCUT2D eigenvalue weighted by Gasteiger charge is 2.48. The van der Waals surface area contributed by atoms with E-state index in [1.807, 2.05) is 36.4 Å². The van der Waals surface area contributed by atoms with Crippen molar-refractivity contribution in [1.29, 1.82) is 0 Å². The molecule has 0 spiro atoms. The van der Waals surface area contributed by atoms with Crippen LogP contribution in [-0.2, 0) is 16.1 Å². The van der Waals surface area contributed by atoms with Crippen molar-refractivity contribution in [2.45, 2.75) is 50.0 Å². The minimum absolute atomic E-state index is 0.129. The number of amides is 1. The number of hydrogen-bond donors (Lipinski definition) is 1. The Labute approximate surface area is 142 Å². The number of carbonyl (C=O) groups excluding carboxylic acids is 1. The Bertz CT molecular complexity index is 560. The maximum atomic E-state index is 12.6. The summed E-state index contributed by atoms with van der Waals surface area (Å²) in [5, 5.41) is 10.8. The predicted octanol–water partition coefficient (Wildman–Crippen LogP) is 2.88. The molecule has 2 aliphatic heterocycles. The quantitative estimate of drug-likeness (QED) is 0.843. The Kier molecular flexibility index (Phi) is 5.21. The molecule has 0 radical (unpaired) electrons. The number of benzene rings is 1. The topological polar surface area (TPSA) is 59.0 Å². The summed E-state index contributed by atoms with van der Waals surface area (Å²) in [5.74, 6) is 0. The van der Waals surface area contributed by atoms with Crippen LogP contribution in [0.25, 0.3) is 0 Å². The maximum Gasteiger partial charge on any atom is 0.410 e. The molecule has 2 bridgehead atoms. The van der Waals surface area contributed by atoms with Gasteiger partial charge < -0.3 is 14.6 Å². The zero-order chi connectivity index (χ0) is 17.0. The summed E-state index contributed by atoms with van der Waals surface area (Å²) in [6, 6.07) is 9.38. The lowest BCUT2D eigenvalue weighted by Crippen LogP contribution is -2.63. The first-order valence-electron chi connectivity index (χ1n) is 8.51. The van der Waals surface area contributed by atoms with Crippen molar-refractivity contribution >= 4 is 6.09 Å². The van der Waals surface area contributed by atoms with Gasteiger partial charge in [0.15, 0.2) is 0 Å². The van der Waals surface area contributed by atoms with E-state index in [0.717, 1.165) is 12.0 Å². The van der Waals surface area contributed by atoms with Crippen molar-refractivity contribution in [2.75, 3.05) is 13.2 Å². The molecule has 2 atom stereocenters. The van der Waals surface area contributed by atoms with Gasteiger partial charge in [0, 0.05) is 0 Å². The molecule has 1 aromatic rings. The number of ether oxygens (including phenoxy) is 2. The third-order valence-electron chi connectivity index (χ3n) is 4.87. The number of carbonyl (C=O) groups is 1. The van der Waals surface area contributed by atoms with Gasteiger partial charge in [-0.15, -0.1) is 6.58 Å². The molecule has 5 nitrogen and oxygen atoms in total. The van der Waals surface area contributed by atoms with E-state index in [1.54, 1.807) is 4.90 Å². The van der Waals surface area contributed by atoms with E-state index in [9.17, 15) is 9.90 Å². The second-order valence-electron chi connectivity index (χ2n) is 6.75. The zero-order valence-electron chi connectivity index (χ0n) is 13.9. The van der Waals surface area contributed by atoms with Crippen LogP contribution in [0.3, 0.4) is 0 Å². The Balaban J connectivity index is 1.63. The van der Waals surface area contributed by atoms with Crippen LogP contribution in [0.15, 0.2) is 43.0 Å². The van der Waals surface area contributed by atoms with E-state index in [0.29, 0.717) is 32.5 Å². The van der Waals surface area contributed by atoms with E-state index < -0.39 is 5.60 Å². The minimum Gasteiger partial charge on any atom is -0.445 e. The van der Waals surface area contributed by atoms with Crippen molar-refractivity contribution < 1.29 is 19.4 Å². The number of piperidine rings is 1. The van der Waals surface area contributed by atoms with Crippen LogP contribution in [0, 0.1) is 0 Å². The molecule has 0 aliphatic carbocycles. The number of allylic oxidation sites excluding steroid dienone is 1. The smallest absolute Gasteiger partial charge is 0.410 e. The van der Waals surface area contributed by atoms with E-state index >= 15 is 0 Å². The van der Waals surface area contributed by atoms with Crippen molar-refractivity contribution in [3.05, 3.63) is 48.6 Å². The van der Waals surface area contributed by atoms with E-state index in [2.05, 4.69) is 6.58 Å². The number of hydrogen-bond acceptors (Lipinski definition) is 4. The highest BCUT2D eigenvalue weighted by Crippen LogP contribution is 2.37. The van der Waals surface area contributed by atoms with Gasteiger partial charge in [0.25, 0.3) is 0 Å². The van der Waals surface area contributed by atoms with Crippen molar-refractivity contribution in [3.8, 4) is 0 Å². The molecule has 3 rings (SSSR count). The molecule has 1 aromatic carbocycles. The molecule has 0 saturated carbocycles. The molecule has 130 valence electrons. The lowest BCUT2D eigenvalue weighted by atomic mass is 9.78. The first-order valence-corrected chi connectivity index (χ1v) is 8.51. The molecular weight excluding hydrogens is 306 g/mol. The fourth-order valence-electron chi connectivity index (χ4n) is 3.74. The summed E-state index contributed by atoms with van der Waals surface area (Å²) in [4.78, 5) is 14.3. The molecule has 2 aliphatic rings. The summed E-state index contributed by atoms with van der Waals surface area (Å²) in [5.41, 5.74) is 0.218. The zero-order valence-corrected chi connectivity index (χ0v) is 13.9. The van der Waals surface area contributed by atoms with Crippen LogP contribution in [0.1, 0.15) is 31.2 Å². The van der Waals surface area contributed by atoms with E-state index in [-0.39, 0.29) is 24.8 Å². The molecule has 2 heterocycles. The van der Waals surface area contributed by atoms with Crippen LogP contribution in [0.2, 0.25) is 0 Å². The molecule has 2 unspecified atom stereocenters. The first kappa shape index (κ1) is 17.0. The Morgan fingerprint density at radius 2 is 2.00 bits per heavy atom. The average Bonchev–Trinajstić information content (AvgIpc) is 2.58. The molecule has 5 heteroatoms. The van der Waals surface area contributed by atoms with Crippen LogP contribution in [-0.4, -0.2) is 47.0 Å². The Morgan fingerprint density at radius 1 is 1.33 bits per heavy atom. The molecule has 1 amide bonds. The van der Waals surface area contributed by atoms with Gasteiger partial charge in [-0.3, -0.25) is 4.90 Å². The molecule has 24 heavy (non-hydrogen) atoms. The van der Waals surface area contributed by atoms with E-state index in [4.69, 9.17) is 9.47 Å². The van der Waals surface area contributed by atoms with Crippen LogP contribution in [0.4, 0.5) is 4.79 Å². The normalized spacial score (nSPS) is 29.1. The number of rotatable bonds is 5. The van der Waals surface area contributed by atoms with Crippen LogP contribution >= 0.6 is 0 Å². The first-order chi connectivity index (χ1) is 11.6. The Morgan fingerprint density at radius 3 is 2.62 bits per heavy atom. The second kappa shape index (κ2) is 7.36. The van der Waals surface area contributed by atoms with Crippen LogP contribution < -0.4 is 0 Å². The van der Waals surface area contributed by atoms with Crippen molar-refractivity contribution in [1.82, 2.24) is 4.90 Å². The fourth-order valence-corrected chi connectivity index (χ4v) is 3.74. The summed E-state index contributed by atoms with van der Waals surface area (Å²) < 4.78 is 11.1. The molecule has 2 fully saturated rings. The van der Waals surface area contributed by atoms with Gasteiger partial charge in [0.05, 0.1) is 30.9 Å². The number of fused-ring (bicyclic) bond motifs is 2. The number of morpholine rings is 1. The highest BCUT2D eigenvalue weighted by atomic mass is 16.6. The van der Waals surface area contributed by atoms with Gasteiger partial charge in [0.2, 0.25) is 0 Å². The Hall–Kier alpha value is -1.85. The standard InChI is InChI=1S/C19H25NO4/c1-2-3-9-19(22)10-16-13-23-14-17(11-19)20(16)18(21)24-12-15-7-5-4-6-8-15/h2,4-8,16-17,22H,1,3,9-14H2. The minimum atomic E-state index is -0.747.